The highest BCUT2D eigenvalue weighted by atomic mass is 16.5. The molecule has 94 valence electrons. The van der Waals surface area contributed by atoms with E-state index in [0.717, 1.165) is 28.2 Å². The van der Waals surface area contributed by atoms with Crippen molar-refractivity contribution in [2.75, 3.05) is 7.11 Å². The maximum atomic E-state index is 5.33. The van der Waals surface area contributed by atoms with Gasteiger partial charge in [0.1, 0.15) is 17.1 Å². The van der Waals surface area contributed by atoms with Gasteiger partial charge in [-0.2, -0.15) is 0 Å². The van der Waals surface area contributed by atoms with Crippen LogP contribution in [0.1, 0.15) is 11.5 Å². The molecule has 2 heterocycles. The number of pyridine rings is 1. The van der Waals surface area contributed by atoms with E-state index in [-0.39, 0.29) is 0 Å². The van der Waals surface area contributed by atoms with Gasteiger partial charge in [0, 0.05) is 23.5 Å². The summed E-state index contributed by atoms with van der Waals surface area (Å²) in [4.78, 5) is 13.2. The highest BCUT2D eigenvalue weighted by molar-refractivity contribution is 5.83. The number of rotatable bonds is 3. The Morgan fingerprint density at radius 3 is 2.79 bits per heavy atom. The maximum absolute atomic E-state index is 5.33. The molecule has 0 bridgehead atoms. The molecule has 3 aromatic rings. The van der Waals surface area contributed by atoms with E-state index in [1.807, 2.05) is 42.6 Å². The third-order valence-corrected chi connectivity index (χ3v) is 2.91. The molecule has 0 aliphatic heterocycles. The number of ether oxygens (including phenoxy) is 1. The smallest absolute Gasteiger partial charge is 0.145 e. The molecule has 0 saturated heterocycles. The predicted molar refractivity (Wildman–Crippen MR) is 73.1 cm³/mol. The van der Waals surface area contributed by atoms with Crippen molar-refractivity contribution in [2.45, 2.75) is 6.42 Å². The molecule has 4 heteroatoms. The Hall–Kier alpha value is -2.49. The summed E-state index contributed by atoms with van der Waals surface area (Å²) >= 11 is 0. The van der Waals surface area contributed by atoms with Crippen molar-refractivity contribution < 1.29 is 4.74 Å². The second-order valence-electron chi connectivity index (χ2n) is 4.18. The van der Waals surface area contributed by atoms with Gasteiger partial charge in [-0.15, -0.1) is 0 Å². The molecule has 0 radical (unpaired) electrons. The molecule has 0 N–H and O–H groups in total. The van der Waals surface area contributed by atoms with Crippen molar-refractivity contribution in [3.8, 4) is 5.75 Å². The molecule has 3 rings (SSSR count). The lowest BCUT2D eigenvalue weighted by Crippen LogP contribution is -1.99. The molecule has 0 atom stereocenters. The summed E-state index contributed by atoms with van der Waals surface area (Å²) in [6.45, 7) is 0. The summed E-state index contributed by atoms with van der Waals surface area (Å²) in [5.41, 5.74) is 1.79. The standard InChI is InChI=1S/C15H13N3O/c1-19-13-7-4-5-11-10-17-14(18-15(11)13)9-12-6-2-3-8-16-12/h2-8,10H,9H2,1H3. The van der Waals surface area contributed by atoms with Crippen LogP contribution in [0.15, 0.2) is 48.8 Å². The first-order valence-corrected chi connectivity index (χ1v) is 6.05. The van der Waals surface area contributed by atoms with Gasteiger partial charge in [-0.1, -0.05) is 18.2 Å². The van der Waals surface area contributed by atoms with Crippen molar-refractivity contribution in [1.29, 1.82) is 0 Å². The van der Waals surface area contributed by atoms with Crippen LogP contribution >= 0.6 is 0 Å². The molecular formula is C15H13N3O. The number of benzene rings is 1. The van der Waals surface area contributed by atoms with Crippen LogP contribution in [0.5, 0.6) is 5.75 Å². The van der Waals surface area contributed by atoms with Gasteiger partial charge in [0.2, 0.25) is 0 Å². The third kappa shape index (κ3) is 2.38. The Morgan fingerprint density at radius 2 is 2.00 bits per heavy atom. The average Bonchev–Trinajstić information content (AvgIpc) is 2.47. The van der Waals surface area contributed by atoms with Gasteiger partial charge in [-0.25, -0.2) is 9.97 Å². The van der Waals surface area contributed by atoms with E-state index in [4.69, 9.17) is 4.74 Å². The maximum Gasteiger partial charge on any atom is 0.145 e. The highest BCUT2D eigenvalue weighted by Crippen LogP contribution is 2.22. The minimum Gasteiger partial charge on any atom is -0.494 e. The second-order valence-corrected chi connectivity index (χ2v) is 4.18. The number of nitrogens with zero attached hydrogens (tertiary/aromatic N) is 3. The monoisotopic (exact) mass is 251 g/mol. The van der Waals surface area contributed by atoms with Gasteiger partial charge in [0.15, 0.2) is 0 Å². The third-order valence-electron chi connectivity index (χ3n) is 2.91. The number of para-hydroxylation sites is 1. The van der Waals surface area contributed by atoms with E-state index in [1.165, 1.54) is 0 Å². The summed E-state index contributed by atoms with van der Waals surface area (Å²) < 4.78 is 5.33. The second kappa shape index (κ2) is 5.02. The minimum absolute atomic E-state index is 0.620. The predicted octanol–water partition coefficient (Wildman–Crippen LogP) is 2.62. The zero-order valence-electron chi connectivity index (χ0n) is 10.6. The van der Waals surface area contributed by atoms with Crippen LogP contribution in [0.25, 0.3) is 10.9 Å². The molecule has 4 nitrogen and oxygen atoms in total. The van der Waals surface area contributed by atoms with E-state index in [9.17, 15) is 0 Å². The molecule has 0 aliphatic rings. The first-order valence-electron chi connectivity index (χ1n) is 6.05. The van der Waals surface area contributed by atoms with Crippen LogP contribution in [0.4, 0.5) is 0 Å². The van der Waals surface area contributed by atoms with E-state index >= 15 is 0 Å². The number of hydrogen-bond acceptors (Lipinski definition) is 4. The lowest BCUT2D eigenvalue weighted by Gasteiger charge is -2.06. The van der Waals surface area contributed by atoms with Crippen LogP contribution < -0.4 is 4.74 Å². The van der Waals surface area contributed by atoms with Crippen LogP contribution in [0.3, 0.4) is 0 Å². The number of hydrogen-bond donors (Lipinski definition) is 0. The lowest BCUT2D eigenvalue weighted by atomic mass is 10.2. The molecular weight excluding hydrogens is 238 g/mol. The van der Waals surface area contributed by atoms with Crippen LogP contribution in [-0.4, -0.2) is 22.1 Å². The average molecular weight is 251 g/mol. The first-order chi connectivity index (χ1) is 9.36. The Labute approximate surface area is 111 Å². The Balaban J connectivity index is 2.01. The first kappa shape index (κ1) is 11.6. The van der Waals surface area contributed by atoms with E-state index in [2.05, 4.69) is 15.0 Å². The molecule has 0 aliphatic carbocycles. The van der Waals surface area contributed by atoms with E-state index < -0.39 is 0 Å². The van der Waals surface area contributed by atoms with Crippen molar-refractivity contribution in [1.82, 2.24) is 15.0 Å². The van der Waals surface area contributed by atoms with Gasteiger partial charge in [0.25, 0.3) is 0 Å². The molecule has 1 aromatic carbocycles. The minimum atomic E-state index is 0.620. The summed E-state index contributed by atoms with van der Waals surface area (Å²) in [7, 11) is 1.65. The zero-order chi connectivity index (χ0) is 13.1. The summed E-state index contributed by atoms with van der Waals surface area (Å²) in [5.74, 6) is 1.51. The van der Waals surface area contributed by atoms with Gasteiger partial charge in [-0.05, 0) is 18.2 Å². The topological polar surface area (TPSA) is 47.9 Å². The van der Waals surface area contributed by atoms with E-state index in [0.29, 0.717) is 6.42 Å². The van der Waals surface area contributed by atoms with Gasteiger partial charge < -0.3 is 4.74 Å². The number of fused-ring (bicyclic) bond motifs is 1. The van der Waals surface area contributed by atoms with Gasteiger partial charge in [-0.3, -0.25) is 4.98 Å². The fourth-order valence-electron chi connectivity index (χ4n) is 1.98. The summed E-state index contributed by atoms with van der Waals surface area (Å²) in [6.07, 6.45) is 4.22. The van der Waals surface area contributed by atoms with E-state index in [1.54, 1.807) is 13.3 Å². The summed E-state index contributed by atoms with van der Waals surface area (Å²) in [6, 6.07) is 11.6. The van der Waals surface area contributed by atoms with Crippen molar-refractivity contribution in [3.05, 3.63) is 60.3 Å². The summed E-state index contributed by atoms with van der Waals surface area (Å²) in [5, 5.41) is 0.976. The lowest BCUT2D eigenvalue weighted by molar-refractivity contribution is 0.418. The van der Waals surface area contributed by atoms with Crippen LogP contribution in [-0.2, 0) is 6.42 Å². The SMILES string of the molecule is COc1cccc2cnc(Cc3ccccn3)nc12. The molecule has 0 saturated carbocycles. The molecule has 19 heavy (non-hydrogen) atoms. The van der Waals surface area contributed by atoms with Gasteiger partial charge in [0.05, 0.1) is 13.5 Å². The van der Waals surface area contributed by atoms with Crippen molar-refractivity contribution in [2.24, 2.45) is 0 Å². The molecule has 0 amide bonds. The Bertz CT molecular complexity index is 698. The normalized spacial score (nSPS) is 10.6. The Kier molecular flexibility index (Phi) is 3.06. The molecule has 2 aromatic heterocycles. The van der Waals surface area contributed by atoms with Crippen LogP contribution in [0.2, 0.25) is 0 Å². The number of aromatic nitrogens is 3. The Morgan fingerprint density at radius 1 is 1.05 bits per heavy atom. The highest BCUT2D eigenvalue weighted by Gasteiger charge is 2.06. The van der Waals surface area contributed by atoms with Crippen molar-refractivity contribution >= 4 is 10.9 Å². The fraction of sp³-hybridized carbons (Fsp3) is 0.133. The van der Waals surface area contributed by atoms with Crippen molar-refractivity contribution in [3.63, 3.8) is 0 Å². The molecule has 0 fully saturated rings. The van der Waals surface area contributed by atoms with Gasteiger partial charge >= 0.3 is 0 Å². The fourth-order valence-corrected chi connectivity index (χ4v) is 1.98. The number of methoxy groups -OCH3 is 1. The van der Waals surface area contributed by atoms with Crippen LogP contribution in [0, 0.1) is 0 Å². The molecule has 0 unspecified atom stereocenters. The quantitative estimate of drug-likeness (QED) is 0.718. The zero-order valence-corrected chi connectivity index (χ0v) is 10.6. The largest absolute Gasteiger partial charge is 0.494 e. The molecule has 0 spiro atoms.